The number of rotatable bonds is 5. The van der Waals surface area contributed by atoms with Crippen molar-refractivity contribution in [3.63, 3.8) is 0 Å². The molecule has 1 N–H and O–H groups in total. The first kappa shape index (κ1) is 20.9. The van der Waals surface area contributed by atoms with Crippen LogP contribution in [0.4, 0.5) is 0 Å². The Bertz CT molecular complexity index is 931. The van der Waals surface area contributed by atoms with Gasteiger partial charge in [0.2, 0.25) is 10.0 Å². The average Bonchev–Trinajstić information content (AvgIpc) is 2.85. The van der Waals surface area contributed by atoms with E-state index < -0.39 is 10.0 Å². The van der Waals surface area contributed by atoms with Crippen molar-refractivity contribution in [2.24, 2.45) is 0 Å². The van der Waals surface area contributed by atoms with Crippen LogP contribution in [0.15, 0.2) is 29.2 Å². The number of nitrogens with one attached hydrogen (secondary N) is 1. The third-order valence-electron chi connectivity index (χ3n) is 5.37. The first-order chi connectivity index (χ1) is 13.2. The topological polar surface area (TPSA) is 73.5 Å². The summed E-state index contributed by atoms with van der Waals surface area (Å²) in [6, 6.07) is 6.99. The van der Waals surface area contributed by atoms with E-state index in [-0.39, 0.29) is 18.0 Å². The molecule has 1 fully saturated rings. The minimum Gasteiger partial charge on any atom is -0.351 e. The fraction of sp³-hybridized carbons (Fsp3) is 0.571. The van der Waals surface area contributed by atoms with Gasteiger partial charge >= 0.3 is 0 Å². The molecule has 0 unspecified atom stereocenters. The van der Waals surface area contributed by atoms with Gasteiger partial charge in [-0.1, -0.05) is 12.8 Å². The molecule has 0 radical (unpaired) electrons. The van der Waals surface area contributed by atoms with E-state index in [9.17, 15) is 13.2 Å². The number of H-pyrrole nitrogens is 1. The fourth-order valence-corrected chi connectivity index (χ4v) is 5.57. The molecule has 7 heteroatoms. The number of benzene rings is 1. The predicted octanol–water partition coefficient (Wildman–Crippen LogP) is 3.99. The Labute approximate surface area is 168 Å². The highest BCUT2D eigenvalue weighted by Gasteiger charge is 2.26. The molecule has 1 saturated heterocycles. The average molecular weight is 406 g/mol. The summed E-state index contributed by atoms with van der Waals surface area (Å²) < 4.78 is 27.7. The van der Waals surface area contributed by atoms with Crippen molar-refractivity contribution in [2.75, 3.05) is 13.1 Å². The molecule has 0 spiro atoms. The van der Waals surface area contributed by atoms with Crippen LogP contribution >= 0.6 is 0 Å². The van der Waals surface area contributed by atoms with Gasteiger partial charge in [0.15, 0.2) is 0 Å². The summed E-state index contributed by atoms with van der Waals surface area (Å²) in [4.78, 5) is 18.2. The standard InChI is InChI=1S/C21H31N3O3S/c1-15(2)24(16(3)4)21(25)20-14-17-13-18(9-10-19(17)22-20)28(26,27)23-11-7-5-6-8-12-23/h9-10,13-16,22H,5-8,11-12H2,1-4H3. The molecule has 2 heterocycles. The zero-order chi connectivity index (χ0) is 20.5. The zero-order valence-corrected chi connectivity index (χ0v) is 18.1. The zero-order valence-electron chi connectivity index (χ0n) is 17.2. The summed E-state index contributed by atoms with van der Waals surface area (Å²) in [6.45, 7) is 9.13. The molecule has 0 aliphatic carbocycles. The van der Waals surface area contributed by atoms with E-state index >= 15 is 0 Å². The normalized spacial score (nSPS) is 16.6. The van der Waals surface area contributed by atoms with Crippen LogP contribution in [0.25, 0.3) is 10.9 Å². The maximum Gasteiger partial charge on any atom is 0.270 e. The van der Waals surface area contributed by atoms with Gasteiger partial charge in [0.1, 0.15) is 5.69 Å². The molecule has 2 aromatic rings. The molecule has 6 nitrogen and oxygen atoms in total. The predicted molar refractivity (Wildman–Crippen MR) is 112 cm³/mol. The Balaban J connectivity index is 1.93. The summed E-state index contributed by atoms with van der Waals surface area (Å²) in [5.41, 5.74) is 1.26. The van der Waals surface area contributed by atoms with E-state index in [1.807, 2.05) is 32.6 Å². The van der Waals surface area contributed by atoms with E-state index in [1.165, 1.54) is 0 Å². The van der Waals surface area contributed by atoms with Crippen LogP contribution in [0, 0.1) is 0 Å². The maximum absolute atomic E-state index is 13.1. The lowest BCUT2D eigenvalue weighted by Gasteiger charge is -2.30. The second-order valence-electron chi connectivity index (χ2n) is 8.15. The van der Waals surface area contributed by atoms with Crippen LogP contribution < -0.4 is 0 Å². The number of aromatic amines is 1. The molecular formula is C21H31N3O3S. The molecule has 1 aliphatic heterocycles. The van der Waals surface area contributed by atoms with Crippen molar-refractivity contribution < 1.29 is 13.2 Å². The van der Waals surface area contributed by atoms with Crippen LogP contribution in [-0.2, 0) is 10.0 Å². The van der Waals surface area contributed by atoms with E-state index in [2.05, 4.69) is 4.98 Å². The van der Waals surface area contributed by atoms with Gasteiger partial charge in [-0.2, -0.15) is 4.31 Å². The highest BCUT2D eigenvalue weighted by Crippen LogP contribution is 2.25. The summed E-state index contributed by atoms with van der Waals surface area (Å²) in [7, 11) is -3.51. The number of hydrogen-bond acceptors (Lipinski definition) is 3. The summed E-state index contributed by atoms with van der Waals surface area (Å²) in [6.07, 6.45) is 3.97. The Kier molecular flexibility index (Phi) is 6.15. The summed E-state index contributed by atoms with van der Waals surface area (Å²) in [5, 5.41) is 0.742. The monoisotopic (exact) mass is 405 g/mol. The van der Waals surface area contributed by atoms with Gasteiger partial charge in [-0.15, -0.1) is 0 Å². The van der Waals surface area contributed by atoms with Crippen molar-refractivity contribution in [2.45, 2.75) is 70.4 Å². The van der Waals surface area contributed by atoms with Crippen molar-refractivity contribution in [3.05, 3.63) is 30.0 Å². The Hall–Kier alpha value is -1.86. The summed E-state index contributed by atoms with van der Waals surface area (Å²) >= 11 is 0. The molecule has 0 saturated carbocycles. The number of nitrogens with zero attached hydrogens (tertiary/aromatic N) is 2. The third kappa shape index (κ3) is 4.10. The number of aromatic nitrogens is 1. The molecular weight excluding hydrogens is 374 g/mol. The van der Waals surface area contributed by atoms with Crippen molar-refractivity contribution >= 4 is 26.8 Å². The Morgan fingerprint density at radius 1 is 1.00 bits per heavy atom. The second-order valence-corrected chi connectivity index (χ2v) is 10.1. The molecule has 1 amide bonds. The molecule has 0 bridgehead atoms. The number of carbonyl (C=O) groups excluding carboxylic acids is 1. The molecule has 28 heavy (non-hydrogen) atoms. The van der Waals surface area contributed by atoms with Gasteiger partial charge in [0.25, 0.3) is 5.91 Å². The van der Waals surface area contributed by atoms with Gasteiger partial charge in [-0.3, -0.25) is 4.79 Å². The molecule has 1 aromatic carbocycles. The molecule has 0 atom stereocenters. The molecule has 154 valence electrons. The van der Waals surface area contributed by atoms with Crippen molar-refractivity contribution in [1.29, 1.82) is 0 Å². The van der Waals surface area contributed by atoms with Gasteiger partial charge in [-0.05, 0) is 64.8 Å². The quantitative estimate of drug-likeness (QED) is 0.817. The number of fused-ring (bicyclic) bond motifs is 1. The van der Waals surface area contributed by atoms with Crippen LogP contribution in [0.3, 0.4) is 0 Å². The minimum absolute atomic E-state index is 0.0712. The van der Waals surface area contributed by atoms with Crippen molar-refractivity contribution in [1.82, 2.24) is 14.2 Å². The van der Waals surface area contributed by atoms with E-state index in [0.717, 1.165) is 36.6 Å². The SMILES string of the molecule is CC(C)N(C(=O)c1cc2cc(S(=O)(=O)N3CCCCCC3)ccc2[nH]1)C(C)C. The van der Waals surface area contributed by atoms with E-state index in [0.29, 0.717) is 23.7 Å². The van der Waals surface area contributed by atoms with E-state index in [1.54, 1.807) is 28.6 Å². The Morgan fingerprint density at radius 2 is 1.61 bits per heavy atom. The van der Waals surface area contributed by atoms with Crippen LogP contribution in [0.1, 0.15) is 63.9 Å². The number of amides is 1. The minimum atomic E-state index is -3.51. The van der Waals surface area contributed by atoms with Crippen molar-refractivity contribution in [3.8, 4) is 0 Å². The third-order valence-corrected chi connectivity index (χ3v) is 7.27. The highest BCUT2D eigenvalue weighted by atomic mass is 32.2. The van der Waals surface area contributed by atoms with E-state index in [4.69, 9.17) is 0 Å². The van der Waals surface area contributed by atoms with Crippen LogP contribution in [0.2, 0.25) is 0 Å². The van der Waals surface area contributed by atoms with Crippen LogP contribution in [-0.4, -0.2) is 53.7 Å². The number of hydrogen-bond donors (Lipinski definition) is 1. The van der Waals surface area contributed by atoms with Gasteiger partial charge in [0.05, 0.1) is 4.90 Å². The number of carbonyl (C=O) groups is 1. The molecule has 1 aromatic heterocycles. The lowest BCUT2D eigenvalue weighted by molar-refractivity contribution is 0.0638. The van der Waals surface area contributed by atoms with Gasteiger partial charge in [-0.25, -0.2) is 8.42 Å². The Morgan fingerprint density at radius 3 is 2.18 bits per heavy atom. The number of sulfonamides is 1. The molecule has 3 rings (SSSR count). The smallest absolute Gasteiger partial charge is 0.270 e. The lowest BCUT2D eigenvalue weighted by atomic mass is 10.2. The summed E-state index contributed by atoms with van der Waals surface area (Å²) in [5.74, 6) is -0.0712. The van der Waals surface area contributed by atoms with Gasteiger partial charge in [0, 0.05) is 36.1 Å². The maximum atomic E-state index is 13.1. The van der Waals surface area contributed by atoms with Gasteiger partial charge < -0.3 is 9.88 Å². The first-order valence-electron chi connectivity index (χ1n) is 10.2. The molecule has 1 aliphatic rings. The fourth-order valence-electron chi connectivity index (χ4n) is 4.02. The second kappa shape index (κ2) is 8.25. The largest absolute Gasteiger partial charge is 0.351 e. The highest BCUT2D eigenvalue weighted by molar-refractivity contribution is 7.89. The van der Waals surface area contributed by atoms with Crippen LogP contribution in [0.5, 0.6) is 0 Å². The first-order valence-corrected chi connectivity index (χ1v) is 11.6. The lowest BCUT2D eigenvalue weighted by Crippen LogP contribution is -2.42.